The van der Waals surface area contributed by atoms with Gasteiger partial charge in [-0.15, -0.1) is 0 Å². The van der Waals surface area contributed by atoms with Gasteiger partial charge in [0.1, 0.15) is 0 Å². The van der Waals surface area contributed by atoms with Crippen LogP contribution in [0.4, 0.5) is 5.82 Å². The monoisotopic (exact) mass is 353 g/mol. The largest absolute Gasteiger partial charge is 0.311 e. The van der Waals surface area contributed by atoms with E-state index in [9.17, 15) is 14.4 Å². The Morgan fingerprint density at radius 1 is 1.23 bits per heavy atom. The Morgan fingerprint density at radius 3 is 2.77 bits per heavy atom. The molecular weight excluding hydrogens is 334 g/mol. The normalized spacial score (nSPS) is 16.0. The third kappa shape index (κ3) is 2.50. The van der Waals surface area contributed by atoms with Gasteiger partial charge in [-0.25, -0.2) is 0 Å². The molecule has 134 valence electrons. The zero-order valence-electron chi connectivity index (χ0n) is 14.5. The summed E-state index contributed by atoms with van der Waals surface area (Å²) >= 11 is 0. The molecule has 4 rings (SSSR count). The van der Waals surface area contributed by atoms with Crippen LogP contribution in [-0.4, -0.2) is 45.4 Å². The first-order valence-electron chi connectivity index (χ1n) is 8.57. The number of anilines is 1. The van der Waals surface area contributed by atoms with Gasteiger partial charge in [0.25, 0.3) is 17.7 Å². The van der Waals surface area contributed by atoms with E-state index in [4.69, 9.17) is 0 Å². The summed E-state index contributed by atoms with van der Waals surface area (Å²) in [5.74, 6) is -0.527. The number of aromatic nitrogens is 2. The topological polar surface area (TPSA) is 107 Å². The predicted molar refractivity (Wildman–Crippen MR) is 94.0 cm³/mol. The van der Waals surface area contributed by atoms with Crippen LogP contribution in [0.2, 0.25) is 0 Å². The molecule has 0 radical (unpaired) electrons. The fourth-order valence-electron chi connectivity index (χ4n) is 3.40. The lowest BCUT2D eigenvalue weighted by Crippen LogP contribution is -2.35. The van der Waals surface area contributed by atoms with E-state index in [-0.39, 0.29) is 29.3 Å². The summed E-state index contributed by atoms with van der Waals surface area (Å²) in [6.07, 6.45) is 0.780. The number of hydrogen-bond donors (Lipinski definition) is 3. The van der Waals surface area contributed by atoms with Crippen molar-refractivity contribution in [2.45, 2.75) is 32.9 Å². The summed E-state index contributed by atoms with van der Waals surface area (Å²) in [5.41, 5.74) is 2.89. The molecule has 0 fully saturated rings. The van der Waals surface area contributed by atoms with Crippen LogP contribution in [0.3, 0.4) is 0 Å². The van der Waals surface area contributed by atoms with E-state index in [2.05, 4.69) is 20.8 Å². The van der Waals surface area contributed by atoms with E-state index in [0.717, 1.165) is 24.2 Å². The first kappa shape index (κ1) is 16.5. The van der Waals surface area contributed by atoms with Crippen molar-refractivity contribution in [3.8, 4) is 0 Å². The van der Waals surface area contributed by atoms with Gasteiger partial charge in [-0.1, -0.05) is 0 Å². The van der Waals surface area contributed by atoms with Crippen molar-refractivity contribution in [1.82, 2.24) is 20.4 Å². The van der Waals surface area contributed by atoms with Crippen LogP contribution in [0.5, 0.6) is 0 Å². The fraction of sp³-hybridized carbons (Fsp3) is 0.333. The van der Waals surface area contributed by atoms with Crippen LogP contribution < -0.4 is 10.6 Å². The van der Waals surface area contributed by atoms with E-state index in [0.29, 0.717) is 23.5 Å². The Labute approximate surface area is 150 Å². The Hall–Kier alpha value is -3.00. The molecule has 0 spiro atoms. The van der Waals surface area contributed by atoms with Crippen LogP contribution in [-0.2, 0) is 13.0 Å². The highest BCUT2D eigenvalue weighted by Gasteiger charge is 2.37. The Kier molecular flexibility index (Phi) is 3.84. The summed E-state index contributed by atoms with van der Waals surface area (Å²) in [5, 5.41) is 13.1. The molecule has 1 aromatic carbocycles. The van der Waals surface area contributed by atoms with Crippen LogP contribution in [0.15, 0.2) is 18.2 Å². The molecule has 8 heteroatoms. The SMILES string of the molecule is CC(C)N1C(=O)c2ccc(C(=O)Nc3n[nH]c4c3CCNC4)cc2C1=O. The molecule has 26 heavy (non-hydrogen) atoms. The van der Waals surface area contributed by atoms with Gasteiger partial charge in [0, 0.05) is 23.7 Å². The zero-order valence-corrected chi connectivity index (χ0v) is 14.5. The van der Waals surface area contributed by atoms with E-state index < -0.39 is 0 Å². The van der Waals surface area contributed by atoms with Gasteiger partial charge < -0.3 is 10.6 Å². The van der Waals surface area contributed by atoms with Gasteiger partial charge in [-0.3, -0.25) is 24.4 Å². The number of fused-ring (bicyclic) bond motifs is 2. The van der Waals surface area contributed by atoms with E-state index in [1.54, 1.807) is 19.9 Å². The number of rotatable bonds is 3. The predicted octanol–water partition coefficient (Wildman–Crippen LogP) is 1.31. The van der Waals surface area contributed by atoms with Crippen LogP contribution in [0.1, 0.15) is 56.2 Å². The zero-order chi connectivity index (χ0) is 18.4. The van der Waals surface area contributed by atoms with E-state index >= 15 is 0 Å². The second-order valence-electron chi connectivity index (χ2n) is 6.74. The minimum absolute atomic E-state index is 0.233. The molecule has 0 aliphatic carbocycles. The van der Waals surface area contributed by atoms with Crippen molar-refractivity contribution >= 4 is 23.5 Å². The van der Waals surface area contributed by atoms with Crippen molar-refractivity contribution in [2.75, 3.05) is 11.9 Å². The Morgan fingerprint density at radius 2 is 2.00 bits per heavy atom. The van der Waals surface area contributed by atoms with Crippen molar-refractivity contribution in [3.63, 3.8) is 0 Å². The molecule has 2 aromatic rings. The van der Waals surface area contributed by atoms with Gasteiger partial charge >= 0.3 is 0 Å². The first-order chi connectivity index (χ1) is 12.5. The molecule has 3 amide bonds. The summed E-state index contributed by atoms with van der Waals surface area (Å²) in [6, 6.07) is 4.35. The van der Waals surface area contributed by atoms with Crippen molar-refractivity contribution in [2.24, 2.45) is 0 Å². The molecule has 0 bridgehead atoms. The highest BCUT2D eigenvalue weighted by molar-refractivity contribution is 6.22. The van der Waals surface area contributed by atoms with Gasteiger partial charge in [0.15, 0.2) is 5.82 Å². The molecule has 0 atom stereocenters. The number of amides is 3. The molecule has 0 saturated carbocycles. The molecule has 2 aliphatic rings. The number of nitrogens with one attached hydrogen (secondary N) is 3. The Bertz CT molecular complexity index is 931. The Balaban J connectivity index is 1.60. The summed E-state index contributed by atoms with van der Waals surface area (Å²) in [6.45, 7) is 5.09. The first-order valence-corrected chi connectivity index (χ1v) is 8.57. The summed E-state index contributed by atoms with van der Waals surface area (Å²) in [7, 11) is 0. The maximum atomic E-state index is 12.6. The maximum Gasteiger partial charge on any atom is 0.261 e. The third-order valence-electron chi connectivity index (χ3n) is 4.73. The van der Waals surface area contributed by atoms with Gasteiger partial charge in [-0.2, -0.15) is 5.10 Å². The molecule has 1 aromatic heterocycles. The molecule has 8 nitrogen and oxygen atoms in total. The quantitative estimate of drug-likeness (QED) is 0.721. The van der Waals surface area contributed by atoms with E-state index in [1.165, 1.54) is 17.0 Å². The minimum atomic E-state index is -0.363. The molecule has 0 saturated heterocycles. The maximum absolute atomic E-state index is 12.6. The lowest BCUT2D eigenvalue weighted by Gasteiger charge is -2.17. The highest BCUT2D eigenvalue weighted by atomic mass is 16.2. The van der Waals surface area contributed by atoms with Crippen LogP contribution >= 0.6 is 0 Å². The number of H-pyrrole nitrogens is 1. The molecule has 3 N–H and O–H groups in total. The number of benzene rings is 1. The highest BCUT2D eigenvalue weighted by Crippen LogP contribution is 2.26. The van der Waals surface area contributed by atoms with Crippen LogP contribution in [0, 0.1) is 0 Å². The van der Waals surface area contributed by atoms with Gasteiger partial charge in [-0.05, 0) is 45.0 Å². The van der Waals surface area contributed by atoms with E-state index in [1.807, 2.05) is 0 Å². The second kappa shape index (κ2) is 6.06. The lowest BCUT2D eigenvalue weighted by molar-refractivity contribution is 0.0609. The molecule has 2 aliphatic heterocycles. The molecule has 3 heterocycles. The van der Waals surface area contributed by atoms with Crippen molar-refractivity contribution in [3.05, 3.63) is 46.1 Å². The number of nitrogens with zero attached hydrogens (tertiary/aromatic N) is 2. The second-order valence-corrected chi connectivity index (χ2v) is 6.74. The average molecular weight is 353 g/mol. The number of carbonyl (C=O) groups is 3. The number of carbonyl (C=O) groups excluding carboxylic acids is 3. The number of aromatic amines is 1. The minimum Gasteiger partial charge on any atom is -0.311 e. The standard InChI is InChI=1S/C18H19N5O3/c1-9(2)23-17(25)11-4-3-10(7-13(11)18(23)26)16(24)20-15-12-5-6-19-8-14(12)21-22-15/h3-4,7,9,19H,5-6,8H2,1-2H3,(H2,20,21,22,24). The number of hydrogen-bond acceptors (Lipinski definition) is 5. The van der Waals surface area contributed by atoms with Crippen molar-refractivity contribution < 1.29 is 14.4 Å². The molecule has 0 unspecified atom stereocenters. The van der Waals surface area contributed by atoms with Gasteiger partial charge in [0.05, 0.1) is 16.8 Å². The average Bonchev–Trinajstić information content (AvgIpc) is 3.14. The summed E-state index contributed by atoms with van der Waals surface area (Å²) < 4.78 is 0. The summed E-state index contributed by atoms with van der Waals surface area (Å²) in [4.78, 5) is 38.6. The molecular formula is C18H19N5O3. The fourth-order valence-corrected chi connectivity index (χ4v) is 3.40. The lowest BCUT2D eigenvalue weighted by atomic mass is 10.0. The van der Waals surface area contributed by atoms with Crippen LogP contribution in [0.25, 0.3) is 0 Å². The number of imide groups is 1. The smallest absolute Gasteiger partial charge is 0.261 e. The third-order valence-corrected chi connectivity index (χ3v) is 4.73. The van der Waals surface area contributed by atoms with Gasteiger partial charge in [0.2, 0.25) is 0 Å². The van der Waals surface area contributed by atoms with Crippen molar-refractivity contribution in [1.29, 1.82) is 0 Å².